The van der Waals surface area contributed by atoms with E-state index in [9.17, 15) is 14.0 Å². The summed E-state index contributed by atoms with van der Waals surface area (Å²) in [6, 6.07) is 16.1. The quantitative estimate of drug-likeness (QED) is 0.319. The van der Waals surface area contributed by atoms with E-state index < -0.39 is 0 Å². The Morgan fingerprint density at radius 2 is 2.00 bits per heavy atom. The Morgan fingerprint density at radius 3 is 2.71 bits per heavy atom. The molecular weight excluding hydrogens is 482 g/mol. The summed E-state index contributed by atoms with van der Waals surface area (Å²) in [7, 11) is 1.62. The van der Waals surface area contributed by atoms with Gasteiger partial charge in [0.25, 0.3) is 0 Å². The third-order valence-electron chi connectivity index (χ3n) is 7.20. The first kappa shape index (κ1) is 27.8. The van der Waals surface area contributed by atoms with Crippen molar-refractivity contribution >= 4 is 5.57 Å². The van der Waals surface area contributed by atoms with Gasteiger partial charge in [-0.2, -0.15) is 5.26 Å². The average Bonchev–Trinajstić information content (AvgIpc) is 3.28. The normalized spacial score (nSPS) is 18.8. The van der Waals surface area contributed by atoms with Crippen LogP contribution >= 0.6 is 0 Å². The van der Waals surface area contributed by atoms with E-state index in [0.29, 0.717) is 24.2 Å². The van der Waals surface area contributed by atoms with Crippen LogP contribution in [0.5, 0.6) is 5.75 Å². The molecule has 2 aromatic rings. The topological polar surface area (TPSA) is 45.5 Å². The van der Waals surface area contributed by atoms with Crippen molar-refractivity contribution in [1.82, 2.24) is 4.90 Å². The number of alkyl halides is 1. The second-order valence-electron chi connectivity index (χ2n) is 9.89. The molecule has 2 aliphatic rings. The smallest absolute Gasteiger partial charge is 0.119 e. The van der Waals surface area contributed by atoms with Gasteiger partial charge >= 0.3 is 0 Å². The van der Waals surface area contributed by atoms with Crippen LogP contribution in [0.1, 0.15) is 54.9 Å². The molecular formula is C32H36F2N2O2. The van der Waals surface area contributed by atoms with Crippen LogP contribution < -0.4 is 4.74 Å². The Bertz CT molecular complexity index is 1240. The fourth-order valence-corrected chi connectivity index (χ4v) is 5.41. The SMILES string of the molecule is COC/C=C\C(C1=C(c2ccc(OC3CCN(CCCF)C3)cc2)c2ccc(C#N)cc2CCC1)=C(/C)F. The number of aryl methyl sites for hydroxylation is 1. The van der Waals surface area contributed by atoms with Crippen LogP contribution in [0.3, 0.4) is 0 Å². The van der Waals surface area contributed by atoms with Gasteiger partial charge < -0.3 is 9.47 Å². The molecule has 0 N–H and O–H groups in total. The third kappa shape index (κ3) is 6.78. The highest BCUT2D eigenvalue weighted by Crippen LogP contribution is 2.40. The molecule has 0 bridgehead atoms. The van der Waals surface area contributed by atoms with E-state index in [1.807, 2.05) is 54.6 Å². The summed E-state index contributed by atoms with van der Waals surface area (Å²) in [4.78, 5) is 2.25. The van der Waals surface area contributed by atoms with E-state index in [2.05, 4.69) is 11.0 Å². The summed E-state index contributed by atoms with van der Waals surface area (Å²) in [5.74, 6) is 0.555. The van der Waals surface area contributed by atoms with Crippen molar-refractivity contribution in [2.24, 2.45) is 0 Å². The highest BCUT2D eigenvalue weighted by molar-refractivity contribution is 5.87. The Morgan fingerprint density at radius 1 is 1.18 bits per heavy atom. The number of halogens is 2. The summed E-state index contributed by atoms with van der Waals surface area (Å²) >= 11 is 0. The first-order valence-electron chi connectivity index (χ1n) is 13.4. The molecule has 6 heteroatoms. The van der Waals surface area contributed by atoms with E-state index >= 15 is 0 Å². The van der Waals surface area contributed by atoms with Crippen LogP contribution in [0.15, 0.2) is 71.6 Å². The molecule has 38 heavy (non-hydrogen) atoms. The Kier molecular flexibility index (Phi) is 9.86. The minimum Gasteiger partial charge on any atom is -0.489 e. The number of nitriles is 1. The van der Waals surface area contributed by atoms with Crippen LogP contribution in [0.4, 0.5) is 8.78 Å². The zero-order chi connectivity index (χ0) is 26.9. The molecule has 0 radical (unpaired) electrons. The molecule has 4 nitrogen and oxygen atoms in total. The van der Waals surface area contributed by atoms with Crippen molar-refractivity contribution in [3.63, 3.8) is 0 Å². The minimum absolute atomic E-state index is 0.0906. The molecule has 200 valence electrons. The lowest BCUT2D eigenvalue weighted by Gasteiger charge is -2.19. The van der Waals surface area contributed by atoms with Gasteiger partial charge in [-0.1, -0.05) is 30.4 Å². The number of nitrogens with zero attached hydrogens (tertiary/aromatic N) is 2. The molecule has 0 aromatic heterocycles. The predicted molar refractivity (Wildman–Crippen MR) is 147 cm³/mol. The zero-order valence-corrected chi connectivity index (χ0v) is 22.3. The van der Waals surface area contributed by atoms with Crippen LogP contribution in [-0.4, -0.2) is 51.0 Å². The van der Waals surface area contributed by atoms with Gasteiger partial charge in [0.2, 0.25) is 0 Å². The maximum atomic E-state index is 15.0. The summed E-state index contributed by atoms with van der Waals surface area (Å²) < 4.78 is 38.9. The van der Waals surface area contributed by atoms with E-state index in [1.54, 1.807) is 7.11 Å². The molecule has 1 heterocycles. The molecule has 1 atom stereocenters. The van der Waals surface area contributed by atoms with Gasteiger partial charge in [0, 0.05) is 32.3 Å². The molecule has 1 fully saturated rings. The molecule has 1 aliphatic carbocycles. The van der Waals surface area contributed by atoms with Gasteiger partial charge in [-0.15, -0.1) is 0 Å². The second-order valence-corrected chi connectivity index (χ2v) is 9.89. The van der Waals surface area contributed by atoms with Gasteiger partial charge in [-0.25, -0.2) is 4.39 Å². The second kappa shape index (κ2) is 13.5. The fraction of sp³-hybridized carbons (Fsp3) is 0.406. The summed E-state index contributed by atoms with van der Waals surface area (Å²) in [5.41, 5.74) is 6.26. The average molecular weight is 519 g/mol. The molecule has 1 saturated heterocycles. The molecule has 0 saturated carbocycles. The maximum absolute atomic E-state index is 15.0. The molecule has 1 aliphatic heterocycles. The number of allylic oxidation sites excluding steroid dienone is 4. The van der Waals surface area contributed by atoms with Crippen molar-refractivity contribution in [1.29, 1.82) is 5.26 Å². The standard InChI is InChI=1S/C32H36F2N2O2/c1-23(34)29(8-4-19-37-2)31-7-3-6-26-20-24(21-35)9-14-30(26)32(31)25-10-12-27(13-11-25)38-28-15-18-36(22-28)17-5-16-33/h4,8-14,20,28H,3,5-7,15-19,22H2,1-2H3/b8-4-,29-23-. The van der Waals surface area contributed by atoms with Crippen molar-refractivity contribution < 1.29 is 18.3 Å². The molecule has 0 amide bonds. The minimum atomic E-state index is -0.288. The number of benzene rings is 2. The van der Waals surface area contributed by atoms with Crippen LogP contribution in [0, 0.1) is 11.3 Å². The van der Waals surface area contributed by atoms with Gasteiger partial charge in [0.1, 0.15) is 17.7 Å². The lowest BCUT2D eigenvalue weighted by atomic mass is 9.87. The van der Waals surface area contributed by atoms with Crippen molar-refractivity contribution in [2.75, 3.05) is 40.0 Å². The first-order valence-corrected chi connectivity index (χ1v) is 13.4. The highest BCUT2D eigenvalue weighted by Gasteiger charge is 2.25. The Hall–Kier alpha value is -3.27. The summed E-state index contributed by atoms with van der Waals surface area (Å²) in [6.45, 7) is 4.11. The number of methoxy groups -OCH3 is 1. The number of ether oxygens (including phenoxy) is 2. The lowest BCUT2D eigenvalue weighted by Crippen LogP contribution is -2.26. The van der Waals surface area contributed by atoms with Gasteiger partial charge in [-0.05, 0) is 91.1 Å². The summed E-state index contributed by atoms with van der Waals surface area (Å²) in [6.07, 6.45) is 7.62. The third-order valence-corrected chi connectivity index (χ3v) is 7.20. The monoisotopic (exact) mass is 518 g/mol. The van der Waals surface area contributed by atoms with Crippen LogP contribution in [-0.2, 0) is 11.2 Å². The zero-order valence-electron chi connectivity index (χ0n) is 22.3. The number of likely N-dealkylation sites (tertiary alicyclic amines) is 1. The number of hydrogen-bond acceptors (Lipinski definition) is 4. The van der Waals surface area contributed by atoms with Crippen molar-refractivity contribution in [3.05, 3.63) is 93.8 Å². The fourth-order valence-electron chi connectivity index (χ4n) is 5.41. The molecule has 4 rings (SSSR count). The van der Waals surface area contributed by atoms with Gasteiger partial charge in [0.15, 0.2) is 0 Å². The largest absolute Gasteiger partial charge is 0.489 e. The van der Waals surface area contributed by atoms with Gasteiger partial charge in [-0.3, -0.25) is 9.29 Å². The lowest BCUT2D eigenvalue weighted by molar-refractivity contribution is 0.198. The number of hydrogen-bond donors (Lipinski definition) is 0. The van der Waals surface area contributed by atoms with E-state index in [0.717, 1.165) is 78.9 Å². The van der Waals surface area contributed by atoms with Crippen molar-refractivity contribution in [2.45, 2.75) is 45.1 Å². The highest BCUT2D eigenvalue weighted by atomic mass is 19.1. The Balaban J connectivity index is 1.70. The summed E-state index contributed by atoms with van der Waals surface area (Å²) in [5, 5.41) is 9.46. The predicted octanol–water partition coefficient (Wildman–Crippen LogP) is 6.96. The van der Waals surface area contributed by atoms with E-state index in [1.165, 1.54) is 6.92 Å². The molecule has 1 unspecified atom stereocenters. The van der Waals surface area contributed by atoms with E-state index in [4.69, 9.17) is 9.47 Å². The first-order chi connectivity index (χ1) is 18.5. The van der Waals surface area contributed by atoms with Crippen LogP contribution in [0.25, 0.3) is 5.57 Å². The Labute approximate surface area is 224 Å². The van der Waals surface area contributed by atoms with Crippen LogP contribution in [0.2, 0.25) is 0 Å². The molecule has 2 aromatic carbocycles. The van der Waals surface area contributed by atoms with E-state index in [-0.39, 0.29) is 18.6 Å². The number of rotatable bonds is 10. The maximum Gasteiger partial charge on any atom is 0.119 e. The van der Waals surface area contributed by atoms with Gasteiger partial charge in [0.05, 0.1) is 24.9 Å². The molecule has 0 spiro atoms. The number of fused-ring (bicyclic) bond motifs is 1. The van der Waals surface area contributed by atoms with Crippen molar-refractivity contribution in [3.8, 4) is 11.8 Å².